The first-order valence-corrected chi connectivity index (χ1v) is 7.01. The second-order valence-electron chi connectivity index (χ2n) is 5.26. The van der Waals surface area contributed by atoms with Gasteiger partial charge in [-0.25, -0.2) is 9.97 Å². The fraction of sp³-hybridized carbons (Fsp3) is 0.250. The second-order valence-corrected chi connectivity index (χ2v) is 5.26. The van der Waals surface area contributed by atoms with Crippen LogP contribution in [-0.4, -0.2) is 19.1 Å². The predicted octanol–water partition coefficient (Wildman–Crippen LogP) is 2.46. The molecule has 0 saturated carbocycles. The van der Waals surface area contributed by atoms with Crippen LogP contribution in [0.15, 0.2) is 43.0 Å². The fourth-order valence-corrected chi connectivity index (χ4v) is 2.72. The molecule has 0 spiro atoms. The number of hydrogen-bond donors (Lipinski definition) is 0. The molecule has 0 amide bonds. The molecular formula is C16H16N4O. The van der Waals surface area contributed by atoms with Crippen molar-refractivity contribution in [3.05, 3.63) is 65.8 Å². The van der Waals surface area contributed by atoms with Gasteiger partial charge in [0.05, 0.1) is 19.8 Å². The Kier molecular flexibility index (Phi) is 2.86. The number of imidazole rings is 2. The first-order valence-electron chi connectivity index (χ1n) is 7.01. The lowest BCUT2D eigenvalue weighted by atomic mass is 10.1. The highest BCUT2D eigenvalue weighted by Gasteiger charge is 2.13. The minimum absolute atomic E-state index is 0.702. The largest absolute Gasteiger partial charge is 0.372 e. The number of aryl methyl sites for hydroxylation is 1. The lowest BCUT2D eigenvalue weighted by molar-refractivity contribution is 0.134. The van der Waals surface area contributed by atoms with E-state index in [9.17, 15) is 0 Å². The van der Waals surface area contributed by atoms with E-state index in [0.717, 1.165) is 23.9 Å². The molecule has 0 radical (unpaired) electrons. The smallest absolute Gasteiger partial charge is 0.133 e. The van der Waals surface area contributed by atoms with E-state index >= 15 is 0 Å². The Balaban J connectivity index is 1.70. The number of hydrogen-bond acceptors (Lipinski definition) is 3. The van der Waals surface area contributed by atoms with E-state index in [2.05, 4.69) is 37.3 Å². The minimum atomic E-state index is 0.702. The lowest BCUT2D eigenvalue weighted by Gasteiger charge is -2.10. The molecule has 0 N–H and O–H groups in total. The quantitative estimate of drug-likeness (QED) is 0.740. The number of rotatable bonds is 3. The molecule has 4 rings (SSSR count). The first-order chi connectivity index (χ1) is 10.3. The minimum Gasteiger partial charge on any atom is -0.372 e. The van der Waals surface area contributed by atoms with Crippen LogP contribution < -0.4 is 0 Å². The van der Waals surface area contributed by atoms with Gasteiger partial charge in [0.25, 0.3) is 0 Å². The molecule has 5 heteroatoms. The molecule has 3 aromatic rings. The predicted molar refractivity (Wildman–Crippen MR) is 78.1 cm³/mol. The average Bonchev–Trinajstić information content (AvgIpc) is 3.20. The van der Waals surface area contributed by atoms with Gasteiger partial charge in [0.2, 0.25) is 0 Å². The summed E-state index contributed by atoms with van der Waals surface area (Å²) in [5, 5.41) is 0. The molecule has 106 valence electrons. The van der Waals surface area contributed by atoms with Crippen molar-refractivity contribution in [2.24, 2.45) is 0 Å². The summed E-state index contributed by atoms with van der Waals surface area (Å²) in [4.78, 5) is 8.74. The van der Waals surface area contributed by atoms with Crippen molar-refractivity contribution >= 4 is 0 Å². The van der Waals surface area contributed by atoms with Crippen LogP contribution >= 0.6 is 0 Å². The van der Waals surface area contributed by atoms with Crippen molar-refractivity contribution in [1.82, 2.24) is 19.1 Å². The van der Waals surface area contributed by atoms with Gasteiger partial charge in [0.1, 0.15) is 11.6 Å². The van der Waals surface area contributed by atoms with Crippen LogP contribution in [-0.2, 0) is 24.5 Å². The van der Waals surface area contributed by atoms with Gasteiger partial charge in [-0.15, -0.1) is 0 Å². The molecule has 0 aliphatic carbocycles. The number of nitrogens with zero attached hydrogens (tertiary/aromatic N) is 4. The Bertz CT molecular complexity index is 787. The highest BCUT2D eigenvalue weighted by Crippen LogP contribution is 2.23. The van der Waals surface area contributed by atoms with Crippen molar-refractivity contribution in [2.75, 3.05) is 0 Å². The van der Waals surface area contributed by atoms with Crippen LogP contribution in [0.2, 0.25) is 0 Å². The first kappa shape index (κ1) is 12.3. The van der Waals surface area contributed by atoms with E-state index in [0.29, 0.717) is 13.2 Å². The van der Waals surface area contributed by atoms with Crippen LogP contribution in [0.3, 0.4) is 0 Å². The fourth-order valence-electron chi connectivity index (χ4n) is 2.72. The summed E-state index contributed by atoms with van der Waals surface area (Å²) in [6.07, 6.45) is 7.63. The maximum Gasteiger partial charge on any atom is 0.133 e. The molecule has 2 aromatic heterocycles. The molecule has 1 aliphatic rings. The zero-order valence-corrected chi connectivity index (χ0v) is 11.9. The van der Waals surface area contributed by atoms with Gasteiger partial charge in [-0.1, -0.05) is 6.07 Å². The number of aromatic nitrogens is 4. The van der Waals surface area contributed by atoms with E-state index in [1.807, 2.05) is 31.7 Å². The third-order valence-corrected chi connectivity index (χ3v) is 3.94. The topological polar surface area (TPSA) is 44.9 Å². The van der Waals surface area contributed by atoms with E-state index in [4.69, 9.17) is 4.74 Å². The van der Waals surface area contributed by atoms with Crippen molar-refractivity contribution < 1.29 is 4.74 Å². The van der Waals surface area contributed by atoms with Gasteiger partial charge in [0, 0.05) is 30.5 Å². The van der Waals surface area contributed by atoms with Gasteiger partial charge in [-0.2, -0.15) is 0 Å². The molecule has 0 bridgehead atoms. The zero-order valence-electron chi connectivity index (χ0n) is 11.9. The Morgan fingerprint density at radius 1 is 1.10 bits per heavy atom. The molecule has 0 atom stereocenters. The molecule has 0 saturated heterocycles. The van der Waals surface area contributed by atoms with E-state index in [1.54, 1.807) is 0 Å². The van der Waals surface area contributed by atoms with Crippen molar-refractivity contribution in [2.45, 2.75) is 26.7 Å². The molecule has 1 aromatic carbocycles. The summed E-state index contributed by atoms with van der Waals surface area (Å²) in [5.74, 6) is 1.99. The number of benzene rings is 1. The highest BCUT2D eigenvalue weighted by molar-refractivity contribution is 5.42. The van der Waals surface area contributed by atoms with Crippen LogP contribution in [0.25, 0.3) is 5.69 Å². The molecule has 0 unspecified atom stereocenters. The third kappa shape index (κ3) is 2.15. The van der Waals surface area contributed by atoms with Gasteiger partial charge in [0.15, 0.2) is 0 Å². The summed E-state index contributed by atoms with van der Waals surface area (Å²) >= 11 is 0. The monoisotopic (exact) mass is 280 g/mol. The standard InChI is InChI=1S/C16H16N4O/c1-12-17-4-6-19(12)9-16-18-5-7-20(16)15-3-2-13-10-21-11-14(13)8-15/h2-8H,9-11H2,1H3. The Morgan fingerprint density at radius 3 is 2.81 bits per heavy atom. The van der Waals surface area contributed by atoms with Crippen LogP contribution in [0.1, 0.15) is 22.8 Å². The van der Waals surface area contributed by atoms with Gasteiger partial charge < -0.3 is 13.9 Å². The van der Waals surface area contributed by atoms with Gasteiger partial charge in [-0.3, -0.25) is 0 Å². The van der Waals surface area contributed by atoms with E-state index in [-0.39, 0.29) is 0 Å². The number of fused-ring (bicyclic) bond motifs is 1. The van der Waals surface area contributed by atoms with Gasteiger partial charge in [-0.05, 0) is 30.2 Å². The molecule has 1 aliphatic heterocycles. The Labute approximate surface area is 122 Å². The zero-order chi connectivity index (χ0) is 14.2. The van der Waals surface area contributed by atoms with Gasteiger partial charge >= 0.3 is 0 Å². The lowest BCUT2D eigenvalue weighted by Crippen LogP contribution is -2.08. The Morgan fingerprint density at radius 2 is 1.95 bits per heavy atom. The SMILES string of the molecule is Cc1nccn1Cc1nccn1-c1ccc2c(c1)COC2. The normalized spacial score (nSPS) is 13.6. The maximum atomic E-state index is 5.48. The van der Waals surface area contributed by atoms with E-state index in [1.165, 1.54) is 11.1 Å². The van der Waals surface area contributed by atoms with Crippen LogP contribution in [0, 0.1) is 6.92 Å². The van der Waals surface area contributed by atoms with Crippen LogP contribution in [0.5, 0.6) is 0 Å². The van der Waals surface area contributed by atoms with Crippen molar-refractivity contribution in [3.8, 4) is 5.69 Å². The Hall–Kier alpha value is -2.40. The second kappa shape index (κ2) is 4.86. The molecule has 0 fully saturated rings. The molecular weight excluding hydrogens is 264 g/mol. The summed E-state index contributed by atoms with van der Waals surface area (Å²) in [7, 11) is 0. The van der Waals surface area contributed by atoms with Crippen molar-refractivity contribution in [3.63, 3.8) is 0 Å². The van der Waals surface area contributed by atoms with Crippen LogP contribution in [0.4, 0.5) is 0 Å². The summed E-state index contributed by atoms with van der Waals surface area (Å²) in [6.45, 7) is 4.14. The maximum absolute atomic E-state index is 5.48. The third-order valence-electron chi connectivity index (χ3n) is 3.94. The summed E-state index contributed by atoms with van der Waals surface area (Å²) in [6, 6.07) is 6.46. The van der Waals surface area contributed by atoms with Crippen molar-refractivity contribution in [1.29, 1.82) is 0 Å². The average molecular weight is 280 g/mol. The molecule has 5 nitrogen and oxygen atoms in total. The highest BCUT2D eigenvalue weighted by atomic mass is 16.5. The number of ether oxygens (including phenoxy) is 1. The molecule has 21 heavy (non-hydrogen) atoms. The van der Waals surface area contributed by atoms with E-state index < -0.39 is 0 Å². The summed E-state index contributed by atoms with van der Waals surface area (Å²) < 4.78 is 9.70. The molecule has 3 heterocycles. The summed E-state index contributed by atoms with van der Waals surface area (Å²) in [5.41, 5.74) is 3.68.